The molecule has 6 nitrogen and oxygen atoms in total. The van der Waals surface area contributed by atoms with Crippen molar-refractivity contribution >= 4 is 21.4 Å². The lowest BCUT2D eigenvalue weighted by Crippen LogP contribution is -2.26. The number of allylic oxidation sites excluding steroid dienone is 2. The van der Waals surface area contributed by atoms with Gasteiger partial charge in [0.05, 0.1) is 11.9 Å². The normalized spacial score (nSPS) is 18.0. The second-order valence-electron chi connectivity index (χ2n) is 5.59. The quantitative estimate of drug-likeness (QED) is 0.771. The van der Waals surface area contributed by atoms with Crippen LogP contribution in [-0.4, -0.2) is 27.8 Å². The van der Waals surface area contributed by atoms with Crippen LogP contribution in [-0.2, 0) is 10.0 Å². The molecule has 1 aliphatic rings. The van der Waals surface area contributed by atoms with Crippen molar-refractivity contribution in [3.8, 4) is 5.75 Å². The molecule has 23 heavy (non-hydrogen) atoms. The molecule has 0 aromatic heterocycles. The Hall–Kier alpha value is -2.15. The third kappa shape index (κ3) is 4.41. The first-order valence-corrected chi connectivity index (χ1v) is 9.06. The molecule has 7 heteroatoms. The van der Waals surface area contributed by atoms with Crippen LogP contribution in [0.3, 0.4) is 0 Å². The Morgan fingerprint density at radius 1 is 1.35 bits per heavy atom. The van der Waals surface area contributed by atoms with E-state index in [4.69, 9.17) is 4.74 Å². The molecule has 0 saturated heterocycles. The number of hydrogen-bond donors (Lipinski definition) is 0. The maximum atomic E-state index is 11.8. The minimum atomic E-state index is -3.44. The summed E-state index contributed by atoms with van der Waals surface area (Å²) in [7, 11) is -1.99. The van der Waals surface area contributed by atoms with Crippen molar-refractivity contribution in [2.75, 3.05) is 17.6 Å². The van der Waals surface area contributed by atoms with E-state index in [1.807, 2.05) is 25.2 Å². The van der Waals surface area contributed by atoms with Gasteiger partial charge in [-0.15, -0.1) is 4.91 Å². The molecule has 1 aromatic rings. The van der Waals surface area contributed by atoms with Gasteiger partial charge in [-0.25, -0.2) is 8.42 Å². The van der Waals surface area contributed by atoms with Gasteiger partial charge in [-0.05, 0) is 24.2 Å². The van der Waals surface area contributed by atoms with Crippen LogP contribution in [0.1, 0.15) is 19.8 Å². The second kappa shape index (κ2) is 6.95. The monoisotopic (exact) mass is 336 g/mol. The van der Waals surface area contributed by atoms with Gasteiger partial charge in [0.1, 0.15) is 17.5 Å². The largest absolute Gasteiger partial charge is 0.487 e. The summed E-state index contributed by atoms with van der Waals surface area (Å²) in [6.45, 7) is 2.01. The first-order valence-electron chi connectivity index (χ1n) is 7.21. The molecule has 2 rings (SSSR count). The molecule has 1 aromatic carbocycles. The second-order valence-corrected chi connectivity index (χ2v) is 7.61. The fraction of sp³-hybridized carbons (Fsp3) is 0.375. The molecule has 124 valence electrons. The van der Waals surface area contributed by atoms with Crippen LogP contribution >= 0.6 is 0 Å². The van der Waals surface area contributed by atoms with E-state index in [9.17, 15) is 13.3 Å². The highest BCUT2D eigenvalue weighted by Crippen LogP contribution is 2.35. The smallest absolute Gasteiger partial charge is 0.232 e. The molecule has 1 aliphatic carbocycles. The van der Waals surface area contributed by atoms with Crippen LogP contribution in [0, 0.1) is 4.91 Å². The lowest BCUT2D eigenvalue weighted by atomic mass is 10.1. The van der Waals surface area contributed by atoms with E-state index in [-0.39, 0.29) is 11.8 Å². The number of benzene rings is 1. The molecule has 0 saturated carbocycles. The van der Waals surface area contributed by atoms with Gasteiger partial charge >= 0.3 is 0 Å². The number of ether oxygens (including phenoxy) is 1. The van der Waals surface area contributed by atoms with Gasteiger partial charge in [0.15, 0.2) is 0 Å². The van der Waals surface area contributed by atoms with E-state index in [0.29, 0.717) is 17.9 Å². The van der Waals surface area contributed by atoms with E-state index in [2.05, 4.69) is 5.18 Å². The van der Waals surface area contributed by atoms with E-state index < -0.39 is 10.0 Å². The van der Waals surface area contributed by atoms with E-state index in [1.54, 1.807) is 0 Å². The summed E-state index contributed by atoms with van der Waals surface area (Å²) in [5.74, 6) is 0.336. The van der Waals surface area contributed by atoms with Crippen molar-refractivity contribution in [1.29, 1.82) is 0 Å². The summed E-state index contributed by atoms with van der Waals surface area (Å²) in [5.41, 5.74) is 1.75. The Labute approximate surface area is 136 Å². The van der Waals surface area contributed by atoms with Gasteiger partial charge in [-0.1, -0.05) is 23.8 Å². The summed E-state index contributed by atoms with van der Waals surface area (Å²) in [5, 5.41) is 2.90. The predicted molar refractivity (Wildman–Crippen MR) is 91.7 cm³/mol. The molecular formula is C16H20N2O4S. The summed E-state index contributed by atoms with van der Waals surface area (Å²) < 4.78 is 30.7. The minimum Gasteiger partial charge on any atom is -0.487 e. The van der Waals surface area contributed by atoms with Gasteiger partial charge in [-0.2, -0.15) is 0 Å². The number of nitroso groups, excluding NO2 is 1. The van der Waals surface area contributed by atoms with Crippen LogP contribution in [0.15, 0.2) is 47.2 Å². The molecule has 1 unspecified atom stereocenters. The molecule has 0 radical (unpaired) electrons. The fourth-order valence-electron chi connectivity index (χ4n) is 2.34. The summed E-state index contributed by atoms with van der Waals surface area (Å²) in [6.07, 6.45) is 8.43. The zero-order valence-corrected chi connectivity index (χ0v) is 14.2. The highest BCUT2D eigenvalue weighted by atomic mass is 32.2. The third-order valence-electron chi connectivity index (χ3n) is 3.64. The molecule has 0 amide bonds. The molecule has 1 atom stereocenters. The lowest BCUT2D eigenvalue weighted by molar-refractivity contribution is 0.206. The Balaban J connectivity index is 2.37. The molecule has 0 heterocycles. The highest BCUT2D eigenvalue weighted by molar-refractivity contribution is 7.92. The maximum Gasteiger partial charge on any atom is 0.232 e. The summed E-state index contributed by atoms with van der Waals surface area (Å²) >= 11 is 0. The van der Waals surface area contributed by atoms with Gasteiger partial charge in [0.2, 0.25) is 10.0 Å². The van der Waals surface area contributed by atoms with Crippen molar-refractivity contribution < 1.29 is 13.2 Å². The van der Waals surface area contributed by atoms with Crippen LogP contribution in [0.25, 0.3) is 0 Å². The Bertz CT molecular complexity index is 753. The van der Waals surface area contributed by atoms with Crippen molar-refractivity contribution in [2.45, 2.75) is 25.9 Å². The van der Waals surface area contributed by atoms with Crippen LogP contribution < -0.4 is 9.04 Å². The van der Waals surface area contributed by atoms with Crippen molar-refractivity contribution in [3.05, 3.63) is 46.9 Å². The van der Waals surface area contributed by atoms with E-state index in [1.165, 1.54) is 30.8 Å². The van der Waals surface area contributed by atoms with Crippen molar-refractivity contribution in [2.24, 2.45) is 5.18 Å². The molecule has 0 N–H and O–H groups in total. The lowest BCUT2D eigenvalue weighted by Gasteiger charge is -2.24. The van der Waals surface area contributed by atoms with Gasteiger partial charge < -0.3 is 4.74 Å². The zero-order valence-electron chi connectivity index (χ0n) is 13.4. The molecule has 0 aliphatic heterocycles. The van der Waals surface area contributed by atoms with Crippen LogP contribution in [0.4, 0.5) is 11.4 Å². The topological polar surface area (TPSA) is 76.0 Å². The first kappa shape index (κ1) is 17.2. The zero-order chi connectivity index (χ0) is 17.0. The molecule has 0 spiro atoms. The SMILES string of the molecule is CC1=CC=CCC(Oc2cc(N=O)ccc2N(C)S(C)(=O)=O)C1. The molecule has 0 bridgehead atoms. The Morgan fingerprint density at radius 3 is 2.74 bits per heavy atom. The molecule has 0 fully saturated rings. The Morgan fingerprint density at radius 2 is 2.09 bits per heavy atom. The highest BCUT2D eigenvalue weighted by Gasteiger charge is 2.20. The van der Waals surface area contributed by atoms with Gasteiger partial charge in [0, 0.05) is 26.0 Å². The third-order valence-corrected chi connectivity index (χ3v) is 4.84. The minimum absolute atomic E-state index is 0.126. The predicted octanol–water partition coefficient (Wildman–Crippen LogP) is 3.52. The maximum absolute atomic E-state index is 11.8. The number of nitrogens with zero attached hydrogens (tertiary/aromatic N) is 2. The number of anilines is 1. The van der Waals surface area contributed by atoms with E-state index in [0.717, 1.165) is 17.0 Å². The van der Waals surface area contributed by atoms with Crippen LogP contribution in [0.2, 0.25) is 0 Å². The number of sulfonamides is 1. The summed E-state index contributed by atoms with van der Waals surface area (Å²) in [6, 6.07) is 4.47. The fourth-order valence-corrected chi connectivity index (χ4v) is 2.84. The van der Waals surface area contributed by atoms with Crippen LogP contribution in [0.5, 0.6) is 5.75 Å². The number of rotatable bonds is 5. The average molecular weight is 336 g/mol. The average Bonchev–Trinajstić information content (AvgIpc) is 2.69. The number of hydrogen-bond acceptors (Lipinski definition) is 5. The molecular weight excluding hydrogens is 316 g/mol. The van der Waals surface area contributed by atoms with E-state index >= 15 is 0 Å². The van der Waals surface area contributed by atoms with Gasteiger partial charge in [0.25, 0.3) is 0 Å². The van der Waals surface area contributed by atoms with Crippen molar-refractivity contribution in [1.82, 2.24) is 0 Å². The standard InChI is InChI=1S/C16H20N2O4S/c1-12-6-4-5-7-14(10-12)22-16-11-13(17-19)8-9-15(16)18(2)23(3,20)21/h4-6,8-9,11,14H,7,10H2,1-3H3. The first-order chi connectivity index (χ1) is 10.8. The Kier molecular flexibility index (Phi) is 5.20. The summed E-state index contributed by atoms with van der Waals surface area (Å²) in [4.78, 5) is 10.8. The van der Waals surface area contributed by atoms with Crippen molar-refractivity contribution in [3.63, 3.8) is 0 Å². The van der Waals surface area contributed by atoms with Gasteiger partial charge in [-0.3, -0.25) is 4.31 Å².